The quantitative estimate of drug-likeness (QED) is 0.810. The molecular weight excluding hydrogens is 336 g/mol. The number of hydrogen-bond donors (Lipinski definition) is 1. The molecule has 0 saturated carbocycles. The highest BCUT2D eigenvalue weighted by Gasteiger charge is 2.23. The minimum Gasteiger partial charge on any atom is -0.481 e. The average molecular weight is 358 g/mol. The fraction of sp³-hybridized carbons (Fsp3) is 0.421. The van der Waals surface area contributed by atoms with E-state index in [1.165, 1.54) is 6.07 Å². The number of benzene rings is 1. The summed E-state index contributed by atoms with van der Waals surface area (Å²) in [6, 6.07) is 8.57. The number of nitrogens with zero attached hydrogens (tertiary/aromatic N) is 2. The maximum absolute atomic E-state index is 12.8. The number of aliphatic carboxylic acids is 1. The summed E-state index contributed by atoms with van der Waals surface area (Å²) in [7, 11) is 0. The maximum Gasteiger partial charge on any atom is 0.305 e. The summed E-state index contributed by atoms with van der Waals surface area (Å²) in [5.74, 6) is -1.13. The Labute approximate surface area is 150 Å². The SMILES string of the molecule is O=C(O)CCN(C[C@H]1CCCO1)C(=O)Cn1ccc(=O)c2ccccc21. The number of hydrogen-bond acceptors (Lipinski definition) is 4. The molecular formula is C19H22N2O5. The van der Waals surface area contributed by atoms with E-state index in [0.29, 0.717) is 24.1 Å². The van der Waals surface area contributed by atoms with Gasteiger partial charge >= 0.3 is 5.97 Å². The Kier molecular flexibility index (Phi) is 5.68. The smallest absolute Gasteiger partial charge is 0.305 e. The molecule has 138 valence electrons. The van der Waals surface area contributed by atoms with E-state index in [9.17, 15) is 14.4 Å². The Morgan fingerprint density at radius 2 is 2.08 bits per heavy atom. The molecule has 1 aromatic heterocycles. The van der Waals surface area contributed by atoms with Crippen LogP contribution in [0.1, 0.15) is 19.3 Å². The summed E-state index contributed by atoms with van der Waals surface area (Å²) in [5.41, 5.74) is 0.593. The Hall–Kier alpha value is -2.67. The van der Waals surface area contributed by atoms with Gasteiger partial charge in [-0.25, -0.2) is 0 Å². The van der Waals surface area contributed by atoms with Crippen LogP contribution in [0.5, 0.6) is 0 Å². The van der Waals surface area contributed by atoms with Gasteiger partial charge in [0.25, 0.3) is 0 Å². The molecule has 0 radical (unpaired) electrons. The number of carbonyl (C=O) groups excluding carboxylic acids is 1. The molecule has 1 aliphatic rings. The van der Waals surface area contributed by atoms with E-state index in [-0.39, 0.29) is 37.0 Å². The predicted octanol–water partition coefficient (Wildman–Crippen LogP) is 1.48. The molecule has 3 rings (SSSR count). The summed E-state index contributed by atoms with van der Waals surface area (Å²) < 4.78 is 7.31. The van der Waals surface area contributed by atoms with E-state index in [2.05, 4.69) is 0 Å². The fourth-order valence-electron chi connectivity index (χ4n) is 3.23. The molecule has 1 amide bonds. The highest BCUT2D eigenvalue weighted by atomic mass is 16.5. The topological polar surface area (TPSA) is 88.8 Å². The summed E-state index contributed by atoms with van der Waals surface area (Å²) >= 11 is 0. The second kappa shape index (κ2) is 8.14. The molecule has 1 aromatic carbocycles. The third-order valence-corrected chi connectivity index (χ3v) is 4.59. The molecule has 7 heteroatoms. The molecule has 2 aromatic rings. The molecule has 1 aliphatic heterocycles. The van der Waals surface area contributed by atoms with Crippen molar-refractivity contribution in [3.8, 4) is 0 Å². The number of ether oxygens (including phenoxy) is 1. The van der Waals surface area contributed by atoms with Gasteiger partial charge in [-0.1, -0.05) is 12.1 Å². The van der Waals surface area contributed by atoms with Crippen molar-refractivity contribution < 1.29 is 19.4 Å². The van der Waals surface area contributed by atoms with Crippen LogP contribution < -0.4 is 5.43 Å². The van der Waals surface area contributed by atoms with Gasteiger partial charge in [-0.15, -0.1) is 0 Å². The van der Waals surface area contributed by atoms with Crippen molar-refractivity contribution in [3.05, 3.63) is 46.8 Å². The highest BCUT2D eigenvalue weighted by molar-refractivity contribution is 5.82. The zero-order valence-corrected chi connectivity index (χ0v) is 14.5. The normalized spacial score (nSPS) is 16.7. The van der Waals surface area contributed by atoms with Gasteiger partial charge < -0.3 is 19.3 Å². The van der Waals surface area contributed by atoms with Gasteiger partial charge in [0.1, 0.15) is 6.54 Å². The molecule has 0 spiro atoms. The number of carboxylic acids is 1. The highest BCUT2D eigenvalue weighted by Crippen LogP contribution is 2.15. The molecule has 1 fully saturated rings. The van der Waals surface area contributed by atoms with Crippen LogP contribution in [0.2, 0.25) is 0 Å². The molecule has 1 N–H and O–H groups in total. The van der Waals surface area contributed by atoms with Crippen LogP contribution in [0.4, 0.5) is 0 Å². The van der Waals surface area contributed by atoms with Crippen molar-refractivity contribution in [1.82, 2.24) is 9.47 Å². The van der Waals surface area contributed by atoms with Gasteiger partial charge in [-0.3, -0.25) is 14.4 Å². The number of fused-ring (bicyclic) bond motifs is 1. The van der Waals surface area contributed by atoms with Gasteiger partial charge in [0.15, 0.2) is 5.43 Å². The first-order chi connectivity index (χ1) is 12.5. The Bertz CT molecular complexity index is 854. The number of para-hydroxylation sites is 1. The molecule has 7 nitrogen and oxygen atoms in total. The Morgan fingerprint density at radius 1 is 1.27 bits per heavy atom. The van der Waals surface area contributed by atoms with Gasteiger partial charge in [-0.05, 0) is 25.0 Å². The van der Waals surface area contributed by atoms with Gasteiger partial charge in [0, 0.05) is 37.3 Å². The van der Waals surface area contributed by atoms with Crippen molar-refractivity contribution in [3.63, 3.8) is 0 Å². The number of amides is 1. The number of aromatic nitrogens is 1. The average Bonchev–Trinajstić information content (AvgIpc) is 3.14. The molecule has 2 heterocycles. The largest absolute Gasteiger partial charge is 0.481 e. The van der Waals surface area contributed by atoms with Crippen LogP contribution in [-0.4, -0.2) is 52.3 Å². The van der Waals surface area contributed by atoms with Crippen LogP contribution in [-0.2, 0) is 20.9 Å². The summed E-state index contributed by atoms with van der Waals surface area (Å²) in [5, 5.41) is 9.51. The lowest BCUT2D eigenvalue weighted by Crippen LogP contribution is -2.40. The van der Waals surface area contributed by atoms with Crippen molar-refractivity contribution in [2.45, 2.75) is 31.9 Å². The maximum atomic E-state index is 12.8. The molecule has 26 heavy (non-hydrogen) atoms. The zero-order chi connectivity index (χ0) is 18.5. The summed E-state index contributed by atoms with van der Waals surface area (Å²) in [6.07, 6.45) is 3.28. The van der Waals surface area contributed by atoms with Gasteiger partial charge in [0.2, 0.25) is 5.91 Å². The number of carbonyl (C=O) groups is 2. The molecule has 0 unspecified atom stereocenters. The first-order valence-corrected chi connectivity index (χ1v) is 8.74. The Morgan fingerprint density at radius 3 is 2.81 bits per heavy atom. The van der Waals surface area contributed by atoms with Crippen molar-refractivity contribution >= 4 is 22.8 Å². The minimum absolute atomic E-state index is 0.0430. The first kappa shape index (κ1) is 18.1. The number of pyridine rings is 1. The van der Waals surface area contributed by atoms with Crippen LogP contribution >= 0.6 is 0 Å². The third kappa shape index (κ3) is 4.29. The monoisotopic (exact) mass is 358 g/mol. The van der Waals surface area contributed by atoms with Crippen LogP contribution in [0.3, 0.4) is 0 Å². The fourth-order valence-corrected chi connectivity index (χ4v) is 3.23. The van der Waals surface area contributed by atoms with E-state index < -0.39 is 5.97 Å². The number of rotatable bonds is 7. The van der Waals surface area contributed by atoms with Gasteiger partial charge in [-0.2, -0.15) is 0 Å². The molecule has 0 aliphatic carbocycles. The lowest BCUT2D eigenvalue weighted by molar-refractivity contribution is -0.139. The lowest BCUT2D eigenvalue weighted by atomic mass is 10.2. The van der Waals surface area contributed by atoms with E-state index in [1.54, 1.807) is 33.9 Å². The number of carboxylic acid groups (broad SMARTS) is 1. The van der Waals surface area contributed by atoms with Crippen molar-refractivity contribution in [2.24, 2.45) is 0 Å². The molecule has 1 saturated heterocycles. The van der Waals surface area contributed by atoms with Crippen LogP contribution in [0.15, 0.2) is 41.3 Å². The van der Waals surface area contributed by atoms with Gasteiger partial charge in [0.05, 0.1) is 18.0 Å². The van der Waals surface area contributed by atoms with Crippen molar-refractivity contribution in [2.75, 3.05) is 19.7 Å². The molecule has 0 bridgehead atoms. The first-order valence-electron chi connectivity index (χ1n) is 8.74. The second-order valence-corrected chi connectivity index (χ2v) is 6.44. The van der Waals surface area contributed by atoms with Crippen LogP contribution in [0, 0.1) is 0 Å². The van der Waals surface area contributed by atoms with Crippen molar-refractivity contribution in [1.29, 1.82) is 0 Å². The van der Waals surface area contributed by atoms with E-state index in [0.717, 1.165) is 12.8 Å². The van der Waals surface area contributed by atoms with E-state index >= 15 is 0 Å². The summed E-state index contributed by atoms with van der Waals surface area (Å²) in [4.78, 5) is 37.3. The predicted molar refractivity (Wildman–Crippen MR) is 96.0 cm³/mol. The minimum atomic E-state index is -0.941. The Balaban J connectivity index is 1.79. The van der Waals surface area contributed by atoms with Crippen LogP contribution in [0.25, 0.3) is 10.9 Å². The third-order valence-electron chi connectivity index (χ3n) is 4.59. The second-order valence-electron chi connectivity index (χ2n) is 6.44. The molecule has 1 atom stereocenters. The standard InChI is InChI=1S/C19H22N2O5/c22-17-7-9-20(16-6-2-1-5-15(16)17)13-18(23)21(10-8-19(24)25)12-14-4-3-11-26-14/h1-2,5-7,9,14H,3-4,8,10-13H2,(H,24,25)/t14-/m1/s1. The summed E-state index contributed by atoms with van der Waals surface area (Å²) in [6.45, 7) is 1.26. The van der Waals surface area contributed by atoms with E-state index in [4.69, 9.17) is 9.84 Å². The van der Waals surface area contributed by atoms with E-state index in [1.807, 2.05) is 6.07 Å². The lowest BCUT2D eigenvalue weighted by Gasteiger charge is -2.25. The zero-order valence-electron chi connectivity index (χ0n) is 14.5.